The molecule has 1 amide bonds. The lowest BCUT2D eigenvalue weighted by Gasteiger charge is -2.31. The summed E-state index contributed by atoms with van der Waals surface area (Å²) in [6.07, 6.45) is -1.27. The summed E-state index contributed by atoms with van der Waals surface area (Å²) in [6.45, 7) is 1.23. The second-order valence-corrected chi connectivity index (χ2v) is 6.44. The molecule has 1 aliphatic heterocycles. The lowest BCUT2D eigenvalue weighted by atomic mass is 9.97. The number of alkyl halides is 3. The maximum Gasteiger partial charge on any atom is 0.573 e. The minimum Gasteiger partial charge on any atom is -0.406 e. The Kier molecular flexibility index (Phi) is 4.75. The number of ether oxygens (including phenoxy) is 1. The molecule has 0 bridgehead atoms. The summed E-state index contributed by atoms with van der Waals surface area (Å²) in [7, 11) is 0. The zero-order valence-corrected chi connectivity index (χ0v) is 13.4. The topological polar surface area (TPSA) is 42.4 Å². The van der Waals surface area contributed by atoms with E-state index in [0.29, 0.717) is 24.6 Å². The molecule has 2 aromatic rings. The second-order valence-electron chi connectivity index (χ2n) is 5.51. The molecule has 1 aromatic carbocycles. The van der Waals surface area contributed by atoms with Crippen molar-refractivity contribution in [1.29, 1.82) is 0 Å². The number of likely N-dealkylation sites (tertiary alicyclic amines) is 1. The van der Waals surface area contributed by atoms with Crippen LogP contribution in [0.4, 0.5) is 13.2 Å². The van der Waals surface area contributed by atoms with Crippen LogP contribution in [0.2, 0.25) is 0 Å². The van der Waals surface area contributed by atoms with Crippen LogP contribution in [-0.4, -0.2) is 35.2 Å². The van der Waals surface area contributed by atoms with Crippen molar-refractivity contribution in [3.05, 3.63) is 46.4 Å². The molecule has 4 nitrogen and oxygen atoms in total. The average molecular weight is 356 g/mol. The number of piperidine rings is 1. The highest BCUT2D eigenvalue weighted by molar-refractivity contribution is 7.09. The number of hydrogen-bond donors (Lipinski definition) is 0. The van der Waals surface area contributed by atoms with E-state index in [2.05, 4.69) is 9.72 Å². The first-order valence-electron chi connectivity index (χ1n) is 7.47. The minimum absolute atomic E-state index is 0.175. The average Bonchev–Trinajstić information content (AvgIpc) is 3.08. The van der Waals surface area contributed by atoms with E-state index < -0.39 is 6.36 Å². The fourth-order valence-corrected chi connectivity index (χ4v) is 3.56. The monoisotopic (exact) mass is 356 g/mol. The smallest absolute Gasteiger partial charge is 0.406 e. The molecule has 2 heterocycles. The van der Waals surface area contributed by atoms with Gasteiger partial charge in [-0.2, -0.15) is 0 Å². The number of aromatic nitrogens is 1. The van der Waals surface area contributed by atoms with Gasteiger partial charge in [0, 0.05) is 36.1 Å². The molecule has 0 N–H and O–H groups in total. The largest absolute Gasteiger partial charge is 0.573 e. The number of nitrogens with zero attached hydrogens (tertiary/aromatic N) is 2. The minimum atomic E-state index is -4.73. The summed E-state index contributed by atoms with van der Waals surface area (Å²) < 4.78 is 40.2. The maximum atomic E-state index is 12.4. The zero-order chi connectivity index (χ0) is 17.2. The van der Waals surface area contributed by atoms with Crippen molar-refractivity contribution < 1.29 is 22.7 Å². The Labute approximate surface area is 140 Å². The quantitative estimate of drug-likeness (QED) is 0.833. The van der Waals surface area contributed by atoms with E-state index in [-0.39, 0.29) is 11.7 Å². The van der Waals surface area contributed by atoms with E-state index in [0.717, 1.165) is 30.0 Å². The molecular formula is C16H15F3N2O2S. The summed E-state index contributed by atoms with van der Waals surface area (Å²) in [6, 6.07) is 5.03. The van der Waals surface area contributed by atoms with Crippen molar-refractivity contribution >= 4 is 17.2 Å². The summed E-state index contributed by atoms with van der Waals surface area (Å²) in [4.78, 5) is 18.5. The van der Waals surface area contributed by atoms with Crippen LogP contribution in [0.1, 0.15) is 34.1 Å². The predicted octanol–water partition coefficient (Wildman–Crippen LogP) is 4.06. The number of thiazole rings is 1. The number of carbonyl (C=O) groups excluding carboxylic acids is 1. The van der Waals surface area contributed by atoms with E-state index in [1.807, 2.05) is 5.38 Å². The van der Waals surface area contributed by atoms with E-state index >= 15 is 0 Å². The molecule has 24 heavy (non-hydrogen) atoms. The third kappa shape index (κ3) is 4.05. The highest BCUT2D eigenvalue weighted by Crippen LogP contribution is 2.30. The Balaban J connectivity index is 1.59. The van der Waals surface area contributed by atoms with Gasteiger partial charge in [-0.05, 0) is 37.1 Å². The van der Waals surface area contributed by atoms with Gasteiger partial charge >= 0.3 is 6.36 Å². The molecule has 0 aliphatic carbocycles. The van der Waals surface area contributed by atoms with Crippen LogP contribution < -0.4 is 4.74 Å². The third-order valence-corrected chi connectivity index (χ3v) is 4.86. The fraction of sp³-hybridized carbons (Fsp3) is 0.375. The van der Waals surface area contributed by atoms with Crippen molar-refractivity contribution in [2.45, 2.75) is 25.1 Å². The van der Waals surface area contributed by atoms with Gasteiger partial charge in [0.1, 0.15) is 5.75 Å². The summed E-state index contributed by atoms with van der Waals surface area (Å²) in [5.74, 6) is -0.135. The fourth-order valence-electron chi connectivity index (χ4n) is 2.75. The van der Waals surface area contributed by atoms with Crippen LogP contribution >= 0.6 is 11.3 Å². The second kappa shape index (κ2) is 6.80. The van der Waals surface area contributed by atoms with Gasteiger partial charge in [0.05, 0.1) is 5.01 Å². The first kappa shape index (κ1) is 16.8. The summed E-state index contributed by atoms with van der Waals surface area (Å²) in [5, 5.41) is 3.04. The Bertz CT molecular complexity index is 678. The van der Waals surface area contributed by atoms with Gasteiger partial charge in [0.2, 0.25) is 0 Å². The van der Waals surface area contributed by atoms with Crippen LogP contribution in [0.15, 0.2) is 35.8 Å². The number of hydrogen-bond acceptors (Lipinski definition) is 4. The van der Waals surface area contributed by atoms with Crippen molar-refractivity contribution in [1.82, 2.24) is 9.88 Å². The standard InChI is InChI=1S/C16H15F3N2O2S/c17-16(18,19)23-13-3-1-12(2-4-13)15(22)21-8-5-11(6-9-21)14-20-7-10-24-14/h1-4,7,10-11H,5-6,8-9H2. The van der Waals surface area contributed by atoms with E-state index in [9.17, 15) is 18.0 Å². The van der Waals surface area contributed by atoms with Crippen LogP contribution in [0.5, 0.6) is 5.75 Å². The highest BCUT2D eigenvalue weighted by atomic mass is 32.1. The van der Waals surface area contributed by atoms with Crippen LogP contribution in [0, 0.1) is 0 Å². The molecule has 0 unspecified atom stereocenters. The SMILES string of the molecule is O=C(c1ccc(OC(F)(F)F)cc1)N1CCC(c2nccs2)CC1. The molecule has 1 fully saturated rings. The van der Waals surface area contributed by atoms with Gasteiger partial charge in [-0.25, -0.2) is 4.98 Å². The highest BCUT2D eigenvalue weighted by Gasteiger charge is 2.31. The molecule has 1 aromatic heterocycles. The van der Waals surface area contributed by atoms with Gasteiger partial charge < -0.3 is 9.64 Å². The first-order valence-corrected chi connectivity index (χ1v) is 8.35. The predicted molar refractivity (Wildman–Crippen MR) is 83.1 cm³/mol. The molecule has 0 spiro atoms. The van der Waals surface area contributed by atoms with E-state index in [4.69, 9.17) is 0 Å². The zero-order valence-electron chi connectivity index (χ0n) is 12.6. The maximum absolute atomic E-state index is 12.4. The molecule has 0 saturated carbocycles. The molecule has 0 radical (unpaired) electrons. The van der Waals surface area contributed by atoms with Crippen molar-refractivity contribution in [3.8, 4) is 5.75 Å². The molecule has 8 heteroatoms. The lowest BCUT2D eigenvalue weighted by Crippen LogP contribution is -2.37. The van der Waals surface area contributed by atoms with Crippen molar-refractivity contribution in [3.63, 3.8) is 0 Å². The number of halogens is 3. The Morgan fingerprint density at radius 3 is 2.42 bits per heavy atom. The van der Waals surface area contributed by atoms with Gasteiger partial charge in [-0.15, -0.1) is 24.5 Å². The van der Waals surface area contributed by atoms with Gasteiger partial charge in [-0.1, -0.05) is 0 Å². The Morgan fingerprint density at radius 2 is 1.88 bits per heavy atom. The van der Waals surface area contributed by atoms with Gasteiger partial charge in [0.25, 0.3) is 5.91 Å². The van der Waals surface area contributed by atoms with Crippen molar-refractivity contribution in [2.75, 3.05) is 13.1 Å². The third-order valence-electron chi connectivity index (χ3n) is 3.92. The number of rotatable bonds is 3. The Morgan fingerprint density at radius 1 is 1.21 bits per heavy atom. The van der Waals surface area contributed by atoms with Crippen molar-refractivity contribution in [2.24, 2.45) is 0 Å². The molecule has 1 aliphatic rings. The normalized spacial score (nSPS) is 16.2. The molecule has 0 atom stereocenters. The Hall–Kier alpha value is -2.09. The number of benzene rings is 1. The molecule has 3 rings (SSSR count). The van der Waals surface area contributed by atoms with E-state index in [1.54, 1.807) is 22.4 Å². The van der Waals surface area contributed by atoms with Gasteiger partial charge in [-0.3, -0.25) is 4.79 Å². The van der Waals surface area contributed by atoms with Crippen LogP contribution in [0.3, 0.4) is 0 Å². The molecular weight excluding hydrogens is 341 g/mol. The molecule has 1 saturated heterocycles. The lowest BCUT2D eigenvalue weighted by molar-refractivity contribution is -0.274. The first-order chi connectivity index (χ1) is 11.4. The summed E-state index contributed by atoms with van der Waals surface area (Å²) >= 11 is 1.62. The number of carbonyl (C=O) groups is 1. The van der Waals surface area contributed by atoms with E-state index in [1.165, 1.54) is 12.1 Å². The van der Waals surface area contributed by atoms with Gasteiger partial charge in [0.15, 0.2) is 0 Å². The number of amides is 1. The molecule has 128 valence electrons. The van der Waals surface area contributed by atoms with Crippen LogP contribution in [-0.2, 0) is 0 Å². The summed E-state index contributed by atoms with van der Waals surface area (Å²) in [5.41, 5.74) is 0.359. The van der Waals surface area contributed by atoms with Crippen LogP contribution in [0.25, 0.3) is 0 Å².